The van der Waals surface area contributed by atoms with Gasteiger partial charge < -0.3 is 9.47 Å². The Labute approximate surface area is 65.9 Å². The zero-order valence-corrected chi connectivity index (χ0v) is 7.01. The molecule has 0 radical (unpaired) electrons. The average molecular weight is 159 g/mol. The first-order chi connectivity index (χ1) is 4.97. The van der Waals surface area contributed by atoms with Crippen LogP contribution in [0.3, 0.4) is 0 Å². The van der Waals surface area contributed by atoms with E-state index in [-0.39, 0.29) is 6.23 Å². The summed E-state index contributed by atoms with van der Waals surface area (Å²) in [5.41, 5.74) is -0.432. The summed E-state index contributed by atoms with van der Waals surface area (Å²) < 4.78 is 9.74. The molecule has 64 valence electrons. The molecule has 1 rings (SSSR count). The maximum absolute atomic E-state index is 10.9. The minimum absolute atomic E-state index is 0.121. The molecule has 0 aromatic rings. The van der Waals surface area contributed by atoms with E-state index >= 15 is 0 Å². The van der Waals surface area contributed by atoms with Gasteiger partial charge in [0.1, 0.15) is 5.60 Å². The van der Waals surface area contributed by atoms with E-state index in [0.29, 0.717) is 6.61 Å². The number of hydrogen-bond donors (Lipinski definition) is 1. The van der Waals surface area contributed by atoms with E-state index < -0.39 is 11.7 Å². The van der Waals surface area contributed by atoms with Crippen LogP contribution in [-0.2, 0) is 9.47 Å². The Bertz CT molecular complexity index is 158. The lowest BCUT2D eigenvalue weighted by molar-refractivity contribution is 0.0503. The molecule has 1 fully saturated rings. The van der Waals surface area contributed by atoms with E-state index in [9.17, 15) is 4.79 Å². The highest BCUT2D eigenvalue weighted by Crippen LogP contribution is 2.09. The predicted octanol–water partition coefficient (Wildman–Crippen LogP) is 0.867. The van der Waals surface area contributed by atoms with Crippen molar-refractivity contribution in [3.8, 4) is 0 Å². The molecule has 0 aromatic heterocycles. The molecule has 11 heavy (non-hydrogen) atoms. The first-order valence-electron chi connectivity index (χ1n) is 3.58. The van der Waals surface area contributed by atoms with Crippen molar-refractivity contribution in [2.45, 2.75) is 32.6 Å². The van der Waals surface area contributed by atoms with Gasteiger partial charge in [-0.25, -0.2) is 4.79 Å². The number of carbonyl (C=O) groups is 1. The molecule has 1 aliphatic rings. The Morgan fingerprint density at radius 1 is 1.64 bits per heavy atom. The van der Waals surface area contributed by atoms with Crippen LogP contribution in [0, 0.1) is 0 Å². The zero-order valence-electron chi connectivity index (χ0n) is 7.01. The quantitative estimate of drug-likeness (QED) is 0.577. The lowest BCUT2D eigenvalue weighted by Crippen LogP contribution is -2.34. The van der Waals surface area contributed by atoms with Crippen LogP contribution >= 0.6 is 0 Å². The van der Waals surface area contributed by atoms with E-state index in [4.69, 9.17) is 9.47 Å². The van der Waals surface area contributed by atoms with Crippen LogP contribution < -0.4 is 5.32 Å². The summed E-state index contributed by atoms with van der Waals surface area (Å²) in [6, 6.07) is 0. The van der Waals surface area contributed by atoms with E-state index in [1.165, 1.54) is 0 Å². The minimum atomic E-state index is -0.432. The van der Waals surface area contributed by atoms with Crippen molar-refractivity contribution in [1.82, 2.24) is 5.32 Å². The third-order valence-electron chi connectivity index (χ3n) is 1.01. The number of hydrogen-bond acceptors (Lipinski definition) is 3. The van der Waals surface area contributed by atoms with E-state index in [0.717, 1.165) is 0 Å². The largest absolute Gasteiger partial charge is 0.444 e. The molecule has 4 heteroatoms. The highest BCUT2D eigenvalue weighted by atomic mass is 16.6. The molecule has 0 aromatic carbocycles. The summed E-state index contributed by atoms with van der Waals surface area (Å²) in [6.07, 6.45) is -0.537. The first kappa shape index (κ1) is 8.33. The molecule has 0 aliphatic carbocycles. The molecular formula is C7H13NO3. The fourth-order valence-electron chi connectivity index (χ4n) is 0.570. The number of alkyl carbamates (subject to hydrolysis) is 1. The fraction of sp³-hybridized carbons (Fsp3) is 0.857. The molecule has 0 spiro atoms. The maximum Gasteiger partial charge on any atom is 0.409 e. The summed E-state index contributed by atoms with van der Waals surface area (Å²) in [5, 5.41) is 2.53. The van der Waals surface area contributed by atoms with Gasteiger partial charge in [-0.05, 0) is 20.8 Å². The summed E-state index contributed by atoms with van der Waals surface area (Å²) in [7, 11) is 0. The van der Waals surface area contributed by atoms with Crippen LogP contribution in [0.5, 0.6) is 0 Å². The first-order valence-corrected chi connectivity index (χ1v) is 3.58. The van der Waals surface area contributed by atoms with Crippen molar-refractivity contribution in [3.05, 3.63) is 0 Å². The van der Waals surface area contributed by atoms with Gasteiger partial charge in [-0.2, -0.15) is 0 Å². The third-order valence-corrected chi connectivity index (χ3v) is 1.01. The van der Waals surface area contributed by atoms with Gasteiger partial charge in [-0.3, -0.25) is 5.32 Å². The van der Waals surface area contributed by atoms with Crippen molar-refractivity contribution in [2.75, 3.05) is 6.61 Å². The highest BCUT2D eigenvalue weighted by molar-refractivity contribution is 5.68. The van der Waals surface area contributed by atoms with Crippen LogP contribution in [0.25, 0.3) is 0 Å². The standard InChI is InChI=1S/C7H13NO3/c1-7(2,3)11-6(9)8-5-4-10-5/h5H,4H2,1-3H3,(H,8,9). The second-order valence-corrected chi connectivity index (χ2v) is 3.47. The average Bonchev–Trinajstić information content (AvgIpc) is 2.42. The van der Waals surface area contributed by atoms with E-state index in [1.54, 1.807) is 0 Å². The smallest absolute Gasteiger partial charge is 0.409 e. The van der Waals surface area contributed by atoms with Gasteiger partial charge >= 0.3 is 6.09 Å². The predicted molar refractivity (Wildman–Crippen MR) is 39.1 cm³/mol. The van der Waals surface area contributed by atoms with Crippen LogP contribution in [0.4, 0.5) is 4.79 Å². The highest BCUT2D eigenvalue weighted by Gasteiger charge is 2.27. The molecule has 1 saturated heterocycles. The summed E-state index contributed by atoms with van der Waals surface area (Å²) in [6.45, 7) is 6.06. The van der Waals surface area contributed by atoms with Crippen molar-refractivity contribution in [3.63, 3.8) is 0 Å². The molecule has 1 aliphatic heterocycles. The van der Waals surface area contributed by atoms with Crippen molar-refractivity contribution in [2.24, 2.45) is 0 Å². The van der Waals surface area contributed by atoms with Gasteiger partial charge in [0.2, 0.25) is 0 Å². The Morgan fingerprint density at radius 2 is 2.18 bits per heavy atom. The van der Waals surface area contributed by atoms with Crippen LogP contribution in [0.2, 0.25) is 0 Å². The summed E-state index contributed by atoms with van der Waals surface area (Å²) >= 11 is 0. The lowest BCUT2D eigenvalue weighted by atomic mass is 10.2. The second-order valence-electron chi connectivity index (χ2n) is 3.47. The summed E-state index contributed by atoms with van der Waals surface area (Å²) in [5.74, 6) is 0. The van der Waals surface area contributed by atoms with Gasteiger partial charge in [0.05, 0.1) is 6.61 Å². The molecular weight excluding hydrogens is 146 g/mol. The molecule has 1 heterocycles. The van der Waals surface area contributed by atoms with Crippen LogP contribution in [0.1, 0.15) is 20.8 Å². The van der Waals surface area contributed by atoms with Crippen LogP contribution in [-0.4, -0.2) is 24.5 Å². The molecule has 0 bridgehead atoms. The molecule has 1 amide bonds. The molecule has 0 saturated carbocycles. The molecule has 1 N–H and O–H groups in total. The number of rotatable bonds is 1. The van der Waals surface area contributed by atoms with Crippen molar-refractivity contribution < 1.29 is 14.3 Å². The maximum atomic E-state index is 10.9. The Kier molecular flexibility index (Phi) is 2.04. The van der Waals surface area contributed by atoms with Gasteiger partial charge in [0, 0.05) is 0 Å². The summed E-state index contributed by atoms with van der Waals surface area (Å²) in [4.78, 5) is 10.9. The van der Waals surface area contributed by atoms with Crippen LogP contribution in [0.15, 0.2) is 0 Å². The number of amides is 1. The molecule has 1 unspecified atom stereocenters. The third kappa shape index (κ3) is 3.83. The SMILES string of the molecule is CC(C)(C)OC(=O)NC1CO1. The van der Waals surface area contributed by atoms with Crippen molar-refractivity contribution in [1.29, 1.82) is 0 Å². The Hall–Kier alpha value is -0.770. The van der Waals surface area contributed by atoms with E-state index in [2.05, 4.69) is 5.32 Å². The lowest BCUT2D eigenvalue weighted by Gasteiger charge is -2.18. The monoisotopic (exact) mass is 159 g/mol. The van der Waals surface area contributed by atoms with Gasteiger partial charge in [0.15, 0.2) is 6.23 Å². The number of ether oxygens (including phenoxy) is 2. The van der Waals surface area contributed by atoms with E-state index in [1.807, 2.05) is 20.8 Å². The number of epoxide rings is 1. The Morgan fingerprint density at radius 3 is 2.55 bits per heavy atom. The number of carbonyl (C=O) groups excluding carboxylic acids is 1. The normalized spacial score (nSPS) is 22.6. The van der Waals surface area contributed by atoms with Gasteiger partial charge in [-0.1, -0.05) is 0 Å². The zero-order chi connectivity index (χ0) is 8.48. The number of nitrogens with one attached hydrogen (secondary N) is 1. The van der Waals surface area contributed by atoms with Gasteiger partial charge in [0.25, 0.3) is 0 Å². The molecule has 1 atom stereocenters. The van der Waals surface area contributed by atoms with Crippen molar-refractivity contribution >= 4 is 6.09 Å². The van der Waals surface area contributed by atoms with Gasteiger partial charge in [-0.15, -0.1) is 0 Å². The minimum Gasteiger partial charge on any atom is -0.444 e. The second kappa shape index (κ2) is 2.70. The topological polar surface area (TPSA) is 50.9 Å². The fourth-order valence-corrected chi connectivity index (χ4v) is 0.570. The molecule has 4 nitrogen and oxygen atoms in total. The Balaban J connectivity index is 2.19.